The van der Waals surface area contributed by atoms with Gasteiger partial charge in [-0.25, -0.2) is 0 Å². The standard InChI is InChI=1S/C23H34N2O/c1-6-16-24-22(26)23(18(2)3,15-10-17-25(4)5)21-14-9-12-19-11-7-8-13-20(19)21/h7-9,11-14,18H,6,10,15-17H2,1-5H3,(H,24,26). The molecule has 26 heavy (non-hydrogen) atoms. The van der Waals surface area contributed by atoms with E-state index in [0.717, 1.165) is 37.9 Å². The van der Waals surface area contributed by atoms with Crippen molar-refractivity contribution in [1.82, 2.24) is 10.2 Å². The number of amides is 1. The van der Waals surface area contributed by atoms with Gasteiger partial charge in [0.1, 0.15) is 0 Å². The molecule has 1 atom stereocenters. The highest BCUT2D eigenvalue weighted by atomic mass is 16.2. The fourth-order valence-electron chi connectivity index (χ4n) is 3.92. The molecule has 0 spiro atoms. The fourth-order valence-corrected chi connectivity index (χ4v) is 3.92. The highest BCUT2D eigenvalue weighted by Gasteiger charge is 2.43. The summed E-state index contributed by atoms with van der Waals surface area (Å²) < 4.78 is 0. The van der Waals surface area contributed by atoms with Crippen LogP contribution in [0.4, 0.5) is 0 Å². The van der Waals surface area contributed by atoms with Crippen LogP contribution in [0.1, 0.15) is 45.6 Å². The van der Waals surface area contributed by atoms with Crippen LogP contribution in [0.25, 0.3) is 10.8 Å². The third-order valence-corrected chi connectivity index (χ3v) is 5.37. The number of carbonyl (C=O) groups is 1. The van der Waals surface area contributed by atoms with Crippen molar-refractivity contribution in [2.45, 2.75) is 45.4 Å². The van der Waals surface area contributed by atoms with Gasteiger partial charge in [0.2, 0.25) is 5.91 Å². The van der Waals surface area contributed by atoms with Gasteiger partial charge >= 0.3 is 0 Å². The molecule has 0 aliphatic rings. The number of benzene rings is 2. The average Bonchev–Trinajstić information content (AvgIpc) is 2.62. The summed E-state index contributed by atoms with van der Waals surface area (Å²) in [6.45, 7) is 8.18. The molecule has 0 aliphatic carbocycles. The van der Waals surface area contributed by atoms with Gasteiger partial charge in [-0.05, 0) is 62.2 Å². The Hall–Kier alpha value is -1.87. The summed E-state index contributed by atoms with van der Waals surface area (Å²) in [6.07, 6.45) is 2.80. The minimum Gasteiger partial charge on any atom is -0.355 e. The largest absolute Gasteiger partial charge is 0.355 e. The van der Waals surface area contributed by atoms with E-state index in [2.05, 4.69) is 87.5 Å². The van der Waals surface area contributed by atoms with Crippen molar-refractivity contribution < 1.29 is 4.79 Å². The molecule has 1 amide bonds. The van der Waals surface area contributed by atoms with Crippen LogP contribution < -0.4 is 5.32 Å². The molecule has 0 bridgehead atoms. The summed E-state index contributed by atoms with van der Waals surface area (Å²) in [5.74, 6) is 0.386. The Labute approximate surface area is 158 Å². The molecule has 0 aliphatic heterocycles. The lowest BCUT2D eigenvalue weighted by Crippen LogP contribution is -2.48. The molecule has 0 saturated heterocycles. The van der Waals surface area contributed by atoms with Gasteiger partial charge < -0.3 is 10.2 Å². The van der Waals surface area contributed by atoms with Crippen molar-refractivity contribution in [3.63, 3.8) is 0 Å². The quantitative estimate of drug-likeness (QED) is 0.714. The third-order valence-electron chi connectivity index (χ3n) is 5.37. The van der Waals surface area contributed by atoms with Crippen molar-refractivity contribution in [3.8, 4) is 0 Å². The van der Waals surface area contributed by atoms with E-state index >= 15 is 0 Å². The Morgan fingerprint density at radius 2 is 1.81 bits per heavy atom. The van der Waals surface area contributed by atoms with E-state index in [1.807, 2.05) is 0 Å². The lowest BCUT2D eigenvalue weighted by Gasteiger charge is -2.38. The third kappa shape index (κ3) is 4.27. The van der Waals surface area contributed by atoms with Crippen molar-refractivity contribution in [2.75, 3.05) is 27.2 Å². The zero-order valence-corrected chi connectivity index (χ0v) is 17.0. The molecule has 0 heterocycles. The van der Waals surface area contributed by atoms with Crippen LogP contribution in [0.5, 0.6) is 0 Å². The highest BCUT2D eigenvalue weighted by Crippen LogP contribution is 2.41. The van der Waals surface area contributed by atoms with Gasteiger partial charge in [0.05, 0.1) is 5.41 Å². The smallest absolute Gasteiger partial charge is 0.230 e. The van der Waals surface area contributed by atoms with E-state index in [9.17, 15) is 4.79 Å². The lowest BCUT2D eigenvalue weighted by atomic mass is 9.66. The zero-order valence-electron chi connectivity index (χ0n) is 17.0. The Balaban J connectivity index is 2.57. The van der Waals surface area contributed by atoms with E-state index < -0.39 is 5.41 Å². The molecule has 2 rings (SSSR count). The zero-order chi connectivity index (χ0) is 19.2. The van der Waals surface area contributed by atoms with Crippen LogP contribution in [0, 0.1) is 5.92 Å². The van der Waals surface area contributed by atoms with Crippen LogP contribution in [0.2, 0.25) is 0 Å². The van der Waals surface area contributed by atoms with Gasteiger partial charge in [0.25, 0.3) is 0 Å². The number of carbonyl (C=O) groups excluding carboxylic acids is 1. The predicted molar refractivity (Wildman–Crippen MR) is 112 cm³/mol. The molecule has 1 N–H and O–H groups in total. The molecule has 0 saturated carbocycles. The summed E-state index contributed by atoms with van der Waals surface area (Å²) in [7, 11) is 4.18. The van der Waals surface area contributed by atoms with Gasteiger partial charge in [0.15, 0.2) is 0 Å². The van der Waals surface area contributed by atoms with Crippen molar-refractivity contribution in [3.05, 3.63) is 48.0 Å². The van der Waals surface area contributed by atoms with E-state index in [4.69, 9.17) is 0 Å². The maximum atomic E-state index is 13.5. The Morgan fingerprint density at radius 1 is 1.12 bits per heavy atom. The molecule has 2 aromatic carbocycles. The first-order valence-corrected chi connectivity index (χ1v) is 9.84. The van der Waals surface area contributed by atoms with Crippen molar-refractivity contribution in [1.29, 1.82) is 0 Å². The van der Waals surface area contributed by atoms with E-state index in [1.165, 1.54) is 10.8 Å². The summed E-state index contributed by atoms with van der Waals surface area (Å²) in [5.41, 5.74) is 0.657. The molecule has 3 heteroatoms. The number of nitrogens with one attached hydrogen (secondary N) is 1. The van der Waals surface area contributed by atoms with E-state index in [-0.39, 0.29) is 11.8 Å². The Morgan fingerprint density at radius 3 is 2.46 bits per heavy atom. The van der Waals surface area contributed by atoms with Gasteiger partial charge in [-0.2, -0.15) is 0 Å². The lowest BCUT2D eigenvalue weighted by molar-refractivity contribution is -0.128. The number of nitrogens with zero attached hydrogens (tertiary/aromatic N) is 1. The molecule has 1 unspecified atom stereocenters. The summed E-state index contributed by atoms with van der Waals surface area (Å²) in [6, 6.07) is 14.8. The Bertz CT molecular complexity index is 718. The summed E-state index contributed by atoms with van der Waals surface area (Å²) in [5, 5.41) is 5.60. The molecular weight excluding hydrogens is 320 g/mol. The number of rotatable bonds is 9. The second kappa shape index (κ2) is 9.18. The van der Waals surface area contributed by atoms with Crippen LogP contribution >= 0.6 is 0 Å². The van der Waals surface area contributed by atoms with E-state index in [0.29, 0.717) is 0 Å². The predicted octanol–water partition coefficient (Wildman–Crippen LogP) is 4.60. The summed E-state index contributed by atoms with van der Waals surface area (Å²) >= 11 is 0. The Kier molecular flexibility index (Phi) is 7.22. The van der Waals surface area contributed by atoms with Gasteiger partial charge in [-0.3, -0.25) is 4.79 Å². The monoisotopic (exact) mass is 354 g/mol. The fraction of sp³-hybridized carbons (Fsp3) is 0.522. The first kappa shape index (κ1) is 20.4. The molecule has 0 radical (unpaired) electrons. The van der Waals surface area contributed by atoms with Gasteiger partial charge in [-0.1, -0.05) is 63.2 Å². The average molecular weight is 355 g/mol. The first-order chi connectivity index (χ1) is 12.4. The van der Waals surface area contributed by atoms with Crippen LogP contribution in [0.15, 0.2) is 42.5 Å². The van der Waals surface area contributed by atoms with Crippen LogP contribution in [0.3, 0.4) is 0 Å². The SMILES string of the molecule is CCCNC(=O)C(CCCN(C)C)(c1cccc2ccccc12)C(C)C. The minimum absolute atomic E-state index is 0.171. The highest BCUT2D eigenvalue weighted by molar-refractivity contribution is 5.96. The second-order valence-electron chi connectivity index (χ2n) is 7.82. The number of fused-ring (bicyclic) bond motifs is 1. The number of hydrogen-bond acceptors (Lipinski definition) is 2. The molecule has 3 nitrogen and oxygen atoms in total. The van der Waals surface area contributed by atoms with Crippen molar-refractivity contribution in [2.24, 2.45) is 5.92 Å². The van der Waals surface area contributed by atoms with Crippen LogP contribution in [-0.4, -0.2) is 38.0 Å². The van der Waals surface area contributed by atoms with Gasteiger partial charge in [0, 0.05) is 6.54 Å². The number of hydrogen-bond donors (Lipinski definition) is 1. The molecule has 2 aromatic rings. The molecular formula is C23H34N2O. The molecule has 0 fully saturated rings. The first-order valence-electron chi connectivity index (χ1n) is 9.84. The molecule has 142 valence electrons. The normalized spacial score (nSPS) is 14.0. The minimum atomic E-state index is -0.508. The van der Waals surface area contributed by atoms with Crippen LogP contribution in [-0.2, 0) is 10.2 Å². The summed E-state index contributed by atoms with van der Waals surface area (Å²) in [4.78, 5) is 15.7. The van der Waals surface area contributed by atoms with Gasteiger partial charge in [-0.15, -0.1) is 0 Å². The second-order valence-corrected chi connectivity index (χ2v) is 7.82. The van der Waals surface area contributed by atoms with Crippen molar-refractivity contribution >= 4 is 16.7 Å². The van der Waals surface area contributed by atoms with E-state index in [1.54, 1.807) is 0 Å². The maximum Gasteiger partial charge on any atom is 0.230 e. The topological polar surface area (TPSA) is 32.3 Å². The maximum absolute atomic E-state index is 13.5. The molecule has 0 aromatic heterocycles.